The van der Waals surface area contributed by atoms with Crippen molar-refractivity contribution >= 4 is 12.0 Å². The maximum atomic E-state index is 11.3. The molecular weight excluding hydrogens is 244 g/mol. The van der Waals surface area contributed by atoms with Crippen molar-refractivity contribution in [3.05, 3.63) is 35.4 Å². The van der Waals surface area contributed by atoms with E-state index in [-0.39, 0.29) is 11.6 Å². The van der Waals surface area contributed by atoms with Gasteiger partial charge in [0.15, 0.2) is 0 Å². The van der Waals surface area contributed by atoms with Gasteiger partial charge in [0.1, 0.15) is 0 Å². The van der Waals surface area contributed by atoms with E-state index in [0.717, 1.165) is 5.56 Å². The molecule has 1 rings (SSSR count). The van der Waals surface area contributed by atoms with E-state index in [9.17, 15) is 9.59 Å². The SMILES string of the molecule is CC#CCNC(=O)NCCc1ccc(C(=O)O)cc1. The molecule has 1 aromatic rings. The summed E-state index contributed by atoms with van der Waals surface area (Å²) in [4.78, 5) is 21.9. The van der Waals surface area contributed by atoms with Gasteiger partial charge in [-0.15, -0.1) is 5.92 Å². The minimum absolute atomic E-state index is 0.257. The van der Waals surface area contributed by atoms with Crippen LogP contribution in [0.1, 0.15) is 22.8 Å². The summed E-state index contributed by atoms with van der Waals surface area (Å²) < 4.78 is 0. The zero-order chi connectivity index (χ0) is 14.1. The molecule has 1 aromatic carbocycles. The summed E-state index contributed by atoms with van der Waals surface area (Å²) in [6, 6.07) is 6.32. The number of carboxylic acids is 1. The third-order valence-corrected chi connectivity index (χ3v) is 2.41. The van der Waals surface area contributed by atoms with Crippen LogP contribution < -0.4 is 10.6 Å². The normalized spacial score (nSPS) is 9.11. The van der Waals surface area contributed by atoms with Crippen LogP contribution in [0.3, 0.4) is 0 Å². The fourth-order valence-corrected chi connectivity index (χ4v) is 1.41. The highest BCUT2D eigenvalue weighted by Gasteiger charge is 2.02. The van der Waals surface area contributed by atoms with Gasteiger partial charge in [-0.1, -0.05) is 18.1 Å². The van der Waals surface area contributed by atoms with Gasteiger partial charge < -0.3 is 15.7 Å². The number of carboxylic acid groups (broad SMARTS) is 1. The van der Waals surface area contributed by atoms with Crippen LogP contribution in [0.4, 0.5) is 4.79 Å². The summed E-state index contributed by atoms with van der Waals surface area (Å²) in [6.45, 7) is 2.52. The average Bonchev–Trinajstić information content (AvgIpc) is 2.39. The van der Waals surface area contributed by atoms with Gasteiger partial charge in [-0.2, -0.15) is 0 Å². The molecule has 2 amide bonds. The third-order valence-electron chi connectivity index (χ3n) is 2.41. The predicted octanol–water partition coefficient (Wildman–Crippen LogP) is 1.25. The van der Waals surface area contributed by atoms with Gasteiger partial charge in [-0.05, 0) is 31.0 Å². The van der Waals surface area contributed by atoms with Crippen LogP contribution in [0.15, 0.2) is 24.3 Å². The molecule has 0 heterocycles. The van der Waals surface area contributed by atoms with E-state index in [1.807, 2.05) is 0 Å². The quantitative estimate of drug-likeness (QED) is 0.697. The van der Waals surface area contributed by atoms with E-state index in [2.05, 4.69) is 22.5 Å². The molecule has 5 nitrogen and oxygen atoms in total. The molecule has 0 aliphatic heterocycles. The smallest absolute Gasteiger partial charge is 0.335 e. The number of carbonyl (C=O) groups excluding carboxylic acids is 1. The zero-order valence-corrected chi connectivity index (χ0v) is 10.7. The van der Waals surface area contributed by atoms with Crippen LogP contribution in [0, 0.1) is 11.8 Å². The van der Waals surface area contributed by atoms with Gasteiger partial charge in [0, 0.05) is 6.54 Å². The molecule has 0 saturated carbocycles. The number of carbonyl (C=O) groups is 2. The standard InChI is InChI=1S/C14H16N2O3/c1-2-3-9-15-14(19)16-10-8-11-4-6-12(7-5-11)13(17)18/h4-7H,8-10H2,1H3,(H,17,18)(H2,15,16,19). The third kappa shape index (κ3) is 5.59. The number of hydrogen-bond donors (Lipinski definition) is 3. The lowest BCUT2D eigenvalue weighted by Gasteiger charge is -2.05. The molecular formula is C14H16N2O3. The van der Waals surface area contributed by atoms with Crippen LogP contribution in [0.25, 0.3) is 0 Å². The summed E-state index contributed by atoms with van der Waals surface area (Å²) in [6.07, 6.45) is 0.646. The Balaban J connectivity index is 2.30. The van der Waals surface area contributed by atoms with Crippen molar-refractivity contribution in [3.63, 3.8) is 0 Å². The van der Waals surface area contributed by atoms with E-state index in [4.69, 9.17) is 5.11 Å². The first-order valence-electron chi connectivity index (χ1n) is 5.87. The van der Waals surface area contributed by atoms with Gasteiger partial charge in [0.05, 0.1) is 12.1 Å². The lowest BCUT2D eigenvalue weighted by molar-refractivity contribution is 0.0697. The first-order chi connectivity index (χ1) is 9.13. The average molecular weight is 260 g/mol. The molecule has 19 heavy (non-hydrogen) atoms. The molecule has 0 radical (unpaired) electrons. The molecule has 3 N–H and O–H groups in total. The van der Waals surface area contributed by atoms with Crippen molar-refractivity contribution in [2.24, 2.45) is 0 Å². The number of aromatic carboxylic acids is 1. The van der Waals surface area contributed by atoms with E-state index < -0.39 is 5.97 Å². The second-order valence-electron chi connectivity index (χ2n) is 3.79. The predicted molar refractivity (Wildman–Crippen MR) is 72.0 cm³/mol. The molecule has 0 atom stereocenters. The minimum Gasteiger partial charge on any atom is -0.478 e. The molecule has 100 valence electrons. The first-order valence-corrected chi connectivity index (χ1v) is 5.87. The Morgan fingerprint density at radius 1 is 1.21 bits per heavy atom. The maximum absolute atomic E-state index is 11.3. The number of benzene rings is 1. The lowest BCUT2D eigenvalue weighted by Crippen LogP contribution is -2.36. The summed E-state index contributed by atoms with van der Waals surface area (Å²) in [7, 11) is 0. The van der Waals surface area contributed by atoms with Crippen LogP contribution in [0.5, 0.6) is 0 Å². The Labute approximate surface area is 112 Å². The van der Waals surface area contributed by atoms with Crippen molar-refractivity contribution in [1.82, 2.24) is 10.6 Å². The summed E-state index contributed by atoms with van der Waals surface area (Å²) >= 11 is 0. The van der Waals surface area contributed by atoms with Crippen LogP contribution >= 0.6 is 0 Å². The Morgan fingerprint density at radius 2 is 1.89 bits per heavy atom. The van der Waals surface area contributed by atoms with Crippen LogP contribution in [0.2, 0.25) is 0 Å². The molecule has 0 fully saturated rings. The van der Waals surface area contributed by atoms with E-state index in [1.54, 1.807) is 31.2 Å². The minimum atomic E-state index is -0.943. The highest BCUT2D eigenvalue weighted by atomic mass is 16.4. The Hall–Kier alpha value is -2.48. The number of urea groups is 1. The summed E-state index contributed by atoms with van der Waals surface area (Å²) in [5.41, 5.74) is 1.23. The molecule has 0 aliphatic carbocycles. The summed E-state index contributed by atoms with van der Waals surface area (Å²) in [5.74, 6) is 4.46. The Kier molecular flexibility index (Phi) is 5.96. The van der Waals surface area contributed by atoms with Crippen molar-refractivity contribution < 1.29 is 14.7 Å². The van der Waals surface area contributed by atoms with Crippen molar-refractivity contribution in [2.75, 3.05) is 13.1 Å². The molecule has 0 saturated heterocycles. The van der Waals surface area contributed by atoms with E-state index >= 15 is 0 Å². The van der Waals surface area contributed by atoms with Gasteiger partial charge in [0.2, 0.25) is 0 Å². The fraction of sp³-hybridized carbons (Fsp3) is 0.286. The van der Waals surface area contributed by atoms with Crippen molar-refractivity contribution in [3.8, 4) is 11.8 Å². The van der Waals surface area contributed by atoms with Gasteiger partial charge in [0.25, 0.3) is 0 Å². The Morgan fingerprint density at radius 3 is 2.47 bits per heavy atom. The summed E-state index contributed by atoms with van der Waals surface area (Å²) in [5, 5.41) is 14.0. The number of amides is 2. The van der Waals surface area contributed by atoms with Gasteiger partial charge in [-0.3, -0.25) is 0 Å². The number of hydrogen-bond acceptors (Lipinski definition) is 2. The lowest BCUT2D eigenvalue weighted by atomic mass is 10.1. The molecule has 0 unspecified atom stereocenters. The fourth-order valence-electron chi connectivity index (χ4n) is 1.41. The molecule has 0 bridgehead atoms. The monoisotopic (exact) mass is 260 g/mol. The van der Waals surface area contributed by atoms with Crippen LogP contribution in [-0.2, 0) is 6.42 Å². The zero-order valence-electron chi connectivity index (χ0n) is 10.7. The largest absolute Gasteiger partial charge is 0.478 e. The second-order valence-corrected chi connectivity index (χ2v) is 3.79. The van der Waals surface area contributed by atoms with E-state index in [0.29, 0.717) is 19.5 Å². The highest BCUT2D eigenvalue weighted by molar-refractivity contribution is 5.87. The number of nitrogens with one attached hydrogen (secondary N) is 2. The van der Waals surface area contributed by atoms with Crippen LogP contribution in [-0.4, -0.2) is 30.2 Å². The van der Waals surface area contributed by atoms with Gasteiger partial charge >= 0.3 is 12.0 Å². The number of rotatable bonds is 5. The highest BCUT2D eigenvalue weighted by Crippen LogP contribution is 2.04. The topological polar surface area (TPSA) is 78.4 Å². The molecule has 5 heteroatoms. The maximum Gasteiger partial charge on any atom is 0.335 e. The van der Waals surface area contributed by atoms with Gasteiger partial charge in [-0.25, -0.2) is 9.59 Å². The first kappa shape index (κ1) is 14.6. The van der Waals surface area contributed by atoms with Crippen molar-refractivity contribution in [2.45, 2.75) is 13.3 Å². The molecule has 0 aromatic heterocycles. The molecule has 0 aliphatic rings. The Bertz CT molecular complexity index is 498. The molecule has 0 spiro atoms. The van der Waals surface area contributed by atoms with E-state index in [1.165, 1.54) is 0 Å². The van der Waals surface area contributed by atoms with Crippen molar-refractivity contribution in [1.29, 1.82) is 0 Å². The second kappa shape index (κ2) is 7.77.